The predicted molar refractivity (Wildman–Crippen MR) is 114 cm³/mol. The molecule has 0 saturated heterocycles. The number of carbonyl (C=O) groups is 1. The Morgan fingerprint density at radius 3 is 2.26 bits per heavy atom. The third-order valence-electron chi connectivity index (χ3n) is 5.00. The van der Waals surface area contributed by atoms with Crippen LogP contribution in [0.25, 0.3) is 22.6 Å². The van der Waals surface area contributed by atoms with Crippen molar-refractivity contribution in [3.05, 3.63) is 107 Å². The molecule has 0 unspecified atom stereocenters. The minimum Gasteiger partial charge on any atom is -0.478 e. The van der Waals surface area contributed by atoms with E-state index < -0.39 is 5.97 Å². The molecule has 3 aromatic carbocycles. The van der Waals surface area contributed by atoms with Crippen molar-refractivity contribution in [2.75, 3.05) is 0 Å². The molecule has 0 saturated carbocycles. The summed E-state index contributed by atoms with van der Waals surface area (Å²) < 4.78 is 29.0. The normalized spacial score (nSPS) is 11.5. The van der Waals surface area contributed by atoms with Crippen molar-refractivity contribution in [1.82, 2.24) is 4.57 Å². The molecule has 31 heavy (non-hydrogen) atoms. The Balaban J connectivity index is 1.78. The van der Waals surface area contributed by atoms with Crippen LogP contribution in [-0.4, -0.2) is 15.6 Å². The number of hydrogen-bond acceptors (Lipinski definition) is 2. The van der Waals surface area contributed by atoms with Crippen molar-refractivity contribution in [1.29, 1.82) is 5.26 Å². The average Bonchev–Trinajstić information content (AvgIpc) is 3.09. The summed E-state index contributed by atoms with van der Waals surface area (Å²) in [5.41, 5.74) is 3.27. The van der Waals surface area contributed by atoms with Crippen LogP contribution in [0.2, 0.25) is 0 Å². The van der Waals surface area contributed by atoms with Gasteiger partial charge in [-0.2, -0.15) is 5.26 Å². The number of nitriles is 1. The largest absolute Gasteiger partial charge is 0.478 e. The van der Waals surface area contributed by atoms with Gasteiger partial charge in [0.2, 0.25) is 0 Å². The molecule has 1 heterocycles. The van der Waals surface area contributed by atoms with E-state index in [1.165, 1.54) is 36.4 Å². The van der Waals surface area contributed by atoms with E-state index in [0.29, 0.717) is 23.2 Å². The SMILES string of the molecule is N#CC(=Cc1cn(Cc2ccc(F)cc2)c2cc(F)ccc12)c1ccc(C(=O)O)cc1. The number of carboxylic acids is 1. The van der Waals surface area contributed by atoms with Gasteiger partial charge in [-0.05, 0) is 59.7 Å². The number of nitrogens with zero attached hydrogens (tertiary/aromatic N) is 2. The maximum atomic E-state index is 13.9. The lowest BCUT2D eigenvalue weighted by Gasteiger charge is -2.05. The van der Waals surface area contributed by atoms with E-state index in [1.807, 2.05) is 10.8 Å². The highest BCUT2D eigenvalue weighted by molar-refractivity contribution is 5.98. The summed E-state index contributed by atoms with van der Waals surface area (Å²) in [6, 6.07) is 18.7. The smallest absolute Gasteiger partial charge is 0.335 e. The van der Waals surface area contributed by atoms with E-state index in [2.05, 4.69) is 6.07 Å². The predicted octanol–water partition coefficient (Wildman–Crippen LogP) is 5.73. The first-order chi connectivity index (χ1) is 14.9. The van der Waals surface area contributed by atoms with Gasteiger partial charge in [0.25, 0.3) is 0 Å². The molecule has 0 spiro atoms. The molecule has 0 bridgehead atoms. The summed E-state index contributed by atoms with van der Waals surface area (Å²) in [6.07, 6.45) is 3.51. The molecule has 0 amide bonds. The van der Waals surface area contributed by atoms with E-state index in [-0.39, 0.29) is 17.2 Å². The topological polar surface area (TPSA) is 66.0 Å². The summed E-state index contributed by atoms with van der Waals surface area (Å²) in [5, 5.41) is 19.5. The number of allylic oxidation sites excluding steroid dienone is 1. The van der Waals surface area contributed by atoms with Gasteiger partial charge in [-0.1, -0.05) is 24.3 Å². The zero-order valence-electron chi connectivity index (χ0n) is 16.2. The van der Waals surface area contributed by atoms with Gasteiger partial charge in [-0.15, -0.1) is 0 Å². The minimum absolute atomic E-state index is 0.132. The van der Waals surface area contributed by atoms with Gasteiger partial charge in [-0.25, -0.2) is 13.6 Å². The zero-order valence-corrected chi connectivity index (χ0v) is 16.2. The Kier molecular flexibility index (Phi) is 5.33. The number of carboxylic acid groups (broad SMARTS) is 1. The highest BCUT2D eigenvalue weighted by atomic mass is 19.1. The standard InChI is InChI=1S/C25H16F2N2O2/c26-21-7-1-16(2-8-21)14-29-15-20(23-10-9-22(27)12-24(23)29)11-19(13-28)17-3-5-18(6-4-17)25(30)31/h1-12,15H,14H2,(H,30,31). The van der Waals surface area contributed by atoms with Gasteiger partial charge in [0.1, 0.15) is 11.6 Å². The number of hydrogen-bond donors (Lipinski definition) is 1. The van der Waals surface area contributed by atoms with Crippen LogP contribution in [0, 0.1) is 23.0 Å². The first kappa shape index (κ1) is 20.0. The highest BCUT2D eigenvalue weighted by Gasteiger charge is 2.11. The van der Waals surface area contributed by atoms with Crippen molar-refractivity contribution < 1.29 is 18.7 Å². The summed E-state index contributed by atoms with van der Waals surface area (Å²) in [4.78, 5) is 11.1. The van der Waals surface area contributed by atoms with Crippen LogP contribution in [0.4, 0.5) is 8.78 Å². The molecule has 0 aliphatic rings. The maximum absolute atomic E-state index is 13.9. The Morgan fingerprint density at radius 2 is 1.61 bits per heavy atom. The van der Waals surface area contributed by atoms with Gasteiger partial charge in [0, 0.05) is 23.7 Å². The minimum atomic E-state index is -1.04. The average molecular weight is 414 g/mol. The van der Waals surface area contributed by atoms with Crippen LogP contribution in [0.5, 0.6) is 0 Å². The first-order valence-electron chi connectivity index (χ1n) is 9.43. The molecule has 4 nitrogen and oxygen atoms in total. The highest BCUT2D eigenvalue weighted by Crippen LogP contribution is 2.28. The number of aromatic nitrogens is 1. The molecule has 1 N–H and O–H groups in total. The second-order valence-corrected chi connectivity index (χ2v) is 7.05. The third-order valence-corrected chi connectivity index (χ3v) is 5.00. The van der Waals surface area contributed by atoms with Gasteiger partial charge >= 0.3 is 5.97 Å². The Labute approximate surface area is 176 Å². The van der Waals surface area contributed by atoms with Crippen LogP contribution in [0.15, 0.2) is 72.9 Å². The van der Waals surface area contributed by atoms with Gasteiger partial charge in [-0.3, -0.25) is 0 Å². The van der Waals surface area contributed by atoms with E-state index in [4.69, 9.17) is 5.11 Å². The molecular formula is C25H16F2N2O2. The van der Waals surface area contributed by atoms with E-state index in [9.17, 15) is 18.8 Å². The Hall–Kier alpha value is -4.24. The molecule has 0 fully saturated rings. The fraction of sp³-hybridized carbons (Fsp3) is 0.0400. The molecule has 4 rings (SSSR count). The van der Waals surface area contributed by atoms with Crippen molar-refractivity contribution >= 4 is 28.5 Å². The van der Waals surface area contributed by atoms with Gasteiger partial charge in [0.05, 0.1) is 22.7 Å². The second kappa shape index (κ2) is 8.25. The number of benzene rings is 3. The van der Waals surface area contributed by atoms with Crippen LogP contribution in [-0.2, 0) is 6.54 Å². The monoisotopic (exact) mass is 414 g/mol. The number of halogens is 2. The maximum Gasteiger partial charge on any atom is 0.335 e. The third kappa shape index (κ3) is 4.21. The Bertz CT molecular complexity index is 1350. The molecule has 0 aliphatic heterocycles. The molecule has 152 valence electrons. The fourth-order valence-electron chi connectivity index (χ4n) is 3.45. The van der Waals surface area contributed by atoms with Gasteiger partial charge < -0.3 is 9.67 Å². The number of fused-ring (bicyclic) bond motifs is 1. The molecule has 6 heteroatoms. The van der Waals surface area contributed by atoms with Crippen molar-refractivity contribution in [2.24, 2.45) is 0 Å². The lowest BCUT2D eigenvalue weighted by molar-refractivity contribution is 0.0697. The van der Waals surface area contributed by atoms with Crippen molar-refractivity contribution in [2.45, 2.75) is 6.54 Å². The first-order valence-corrected chi connectivity index (χ1v) is 9.43. The zero-order chi connectivity index (χ0) is 22.0. The summed E-state index contributed by atoms with van der Waals surface area (Å²) in [6.45, 7) is 0.406. The molecule has 0 atom stereocenters. The lowest BCUT2D eigenvalue weighted by atomic mass is 10.0. The van der Waals surface area contributed by atoms with Crippen molar-refractivity contribution in [3.63, 3.8) is 0 Å². The van der Waals surface area contributed by atoms with E-state index in [0.717, 1.165) is 16.5 Å². The van der Waals surface area contributed by atoms with Crippen LogP contribution < -0.4 is 0 Å². The quantitative estimate of drug-likeness (QED) is 0.424. The van der Waals surface area contributed by atoms with Crippen molar-refractivity contribution in [3.8, 4) is 6.07 Å². The molecule has 1 aromatic heterocycles. The lowest BCUT2D eigenvalue weighted by Crippen LogP contribution is -1.98. The Morgan fingerprint density at radius 1 is 0.968 bits per heavy atom. The van der Waals surface area contributed by atoms with E-state index in [1.54, 1.807) is 36.4 Å². The molecule has 0 radical (unpaired) electrons. The number of aromatic carboxylic acids is 1. The van der Waals surface area contributed by atoms with E-state index >= 15 is 0 Å². The van der Waals surface area contributed by atoms with Gasteiger partial charge in [0.15, 0.2) is 0 Å². The summed E-state index contributed by atoms with van der Waals surface area (Å²) >= 11 is 0. The summed E-state index contributed by atoms with van der Waals surface area (Å²) in [5.74, 6) is -1.76. The fourth-order valence-corrected chi connectivity index (χ4v) is 3.45. The molecule has 0 aliphatic carbocycles. The van der Waals surface area contributed by atoms with Crippen LogP contribution in [0.3, 0.4) is 0 Å². The number of rotatable bonds is 5. The second-order valence-electron chi connectivity index (χ2n) is 7.05. The summed E-state index contributed by atoms with van der Waals surface area (Å²) in [7, 11) is 0. The van der Waals surface area contributed by atoms with Crippen LogP contribution >= 0.6 is 0 Å². The molecule has 4 aromatic rings. The molecular weight excluding hydrogens is 398 g/mol. The van der Waals surface area contributed by atoms with Crippen LogP contribution in [0.1, 0.15) is 27.0 Å².